The lowest BCUT2D eigenvalue weighted by Gasteiger charge is -2.12. The minimum atomic E-state index is -0.746. The van der Waals surface area contributed by atoms with Crippen molar-refractivity contribution in [1.82, 2.24) is 5.32 Å². The first-order chi connectivity index (χ1) is 9.60. The first-order valence-electron chi connectivity index (χ1n) is 6.22. The lowest BCUT2D eigenvalue weighted by atomic mass is 10.2. The fourth-order valence-electron chi connectivity index (χ4n) is 1.77. The first-order valence-corrected chi connectivity index (χ1v) is 6.22. The molecule has 0 aliphatic heterocycles. The summed E-state index contributed by atoms with van der Waals surface area (Å²) in [4.78, 5) is 0. The zero-order valence-electron chi connectivity index (χ0n) is 10.9. The number of halogens is 3. The van der Waals surface area contributed by atoms with Crippen LogP contribution >= 0.6 is 0 Å². The summed E-state index contributed by atoms with van der Waals surface area (Å²) in [7, 11) is 0. The van der Waals surface area contributed by atoms with E-state index in [0.29, 0.717) is 12.1 Å². The van der Waals surface area contributed by atoms with Gasteiger partial charge in [0, 0.05) is 30.3 Å². The molecule has 0 aliphatic rings. The molecule has 0 atom stereocenters. The van der Waals surface area contributed by atoms with Crippen LogP contribution in [-0.2, 0) is 6.54 Å². The second-order valence-corrected chi connectivity index (χ2v) is 4.20. The van der Waals surface area contributed by atoms with Gasteiger partial charge in [0.05, 0.1) is 0 Å². The molecule has 0 bridgehead atoms. The van der Waals surface area contributed by atoms with Crippen molar-refractivity contribution in [3.8, 4) is 11.5 Å². The van der Waals surface area contributed by atoms with Crippen molar-refractivity contribution in [3.05, 3.63) is 59.4 Å². The Kier molecular flexibility index (Phi) is 4.63. The number of nitrogens with one attached hydrogen (secondary N) is 1. The third-order valence-electron chi connectivity index (χ3n) is 2.69. The van der Waals surface area contributed by atoms with Crippen LogP contribution in [0, 0.1) is 17.5 Å². The Hall–Kier alpha value is -2.01. The van der Waals surface area contributed by atoms with Crippen LogP contribution in [0.3, 0.4) is 0 Å². The molecule has 0 heterocycles. The summed E-state index contributed by atoms with van der Waals surface area (Å²) in [6.07, 6.45) is 0. The van der Waals surface area contributed by atoms with Crippen molar-refractivity contribution in [1.29, 1.82) is 0 Å². The van der Waals surface area contributed by atoms with Gasteiger partial charge in [0.25, 0.3) is 0 Å². The maximum Gasteiger partial charge on any atom is 0.134 e. The molecule has 2 nitrogen and oxygen atoms in total. The summed E-state index contributed by atoms with van der Waals surface area (Å²) in [5.41, 5.74) is 0.319. The zero-order valence-corrected chi connectivity index (χ0v) is 10.9. The topological polar surface area (TPSA) is 21.3 Å². The van der Waals surface area contributed by atoms with Gasteiger partial charge in [-0.3, -0.25) is 0 Å². The molecule has 0 saturated carbocycles. The molecule has 5 heteroatoms. The molecule has 2 aromatic rings. The lowest BCUT2D eigenvalue weighted by molar-refractivity contribution is 0.452. The largest absolute Gasteiger partial charge is 0.457 e. The van der Waals surface area contributed by atoms with Crippen molar-refractivity contribution < 1.29 is 17.9 Å². The van der Waals surface area contributed by atoms with E-state index in [0.717, 1.165) is 18.2 Å². The Labute approximate surface area is 115 Å². The van der Waals surface area contributed by atoms with Crippen LogP contribution < -0.4 is 10.1 Å². The molecule has 0 fully saturated rings. The van der Waals surface area contributed by atoms with Crippen molar-refractivity contribution in [2.45, 2.75) is 13.5 Å². The standard InChI is InChI=1S/C15H14F3NO/c1-2-19-9-13-14(18)4-3-5-15(13)20-12-7-10(16)6-11(17)8-12/h3-8,19H,2,9H2,1H3. The van der Waals surface area contributed by atoms with Gasteiger partial charge in [0.15, 0.2) is 0 Å². The Morgan fingerprint density at radius 1 is 1.05 bits per heavy atom. The molecule has 0 spiro atoms. The minimum absolute atomic E-state index is 0.00847. The molecule has 0 radical (unpaired) electrons. The highest BCUT2D eigenvalue weighted by Crippen LogP contribution is 2.28. The fraction of sp³-hybridized carbons (Fsp3) is 0.200. The molecule has 1 N–H and O–H groups in total. The van der Waals surface area contributed by atoms with E-state index in [-0.39, 0.29) is 18.0 Å². The van der Waals surface area contributed by atoms with Crippen molar-refractivity contribution in [3.63, 3.8) is 0 Å². The van der Waals surface area contributed by atoms with Crippen molar-refractivity contribution in [2.75, 3.05) is 6.54 Å². The van der Waals surface area contributed by atoms with Crippen molar-refractivity contribution in [2.24, 2.45) is 0 Å². The molecule has 0 aromatic heterocycles. The second-order valence-electron chi connectivity index (χ2n) is 4.20. The summed E-state index contributed by atoms with van der Waals surface area (Å²) in [6.45, 7) is 2.84. The summed E-state index contributed by atoms with van der Waals surface area (Å²) in [6, 6.07) is 7.19. The number of ether oxygens (including phenoxy) is 1. The molecular formula is C15H14F3NO. The van der Waals surface area contributed by atoms with E-state index in [9.17, 15) is 13.2 Å². The second kappa shape index (κ2) is 6.43. The molecule has 106 valence electrons. The molecule has 2 rings (SSSR count). The van der Waals surface area contributed by atoms with Crippen LogP contribution in [0.5, 0.6) is 11.5 Å². The van der Waals surface area contributed by atoms with Gasteiger partial charge in [0.1, 0.15) is 29.0 Å². The summed E-state index contributed by atoms with van der Waals surface area (Å²) < 4.78 is 45.4. The molecule has 0 amide bonds. The van der Waals surface area contributed by atoms with Crippen LogP contribution in [0.25, 0.3) is 0 Å². The molecule has 0 aliphatic carbocycles. The maximum atomic E-state index is 13.8. The molecule has 0 saturated heterocycles. The van der Waals surface area contributed by atoms with Crippen LogP contribution in [0.1, 0.15) is 12.5 Å². The van der Waals surface area contributed by atoms with Gasteiger partial charge in [0.2, 0.25) is 0 Å². The predicted molar refractivity (Wildman–Crippen MR) is 70.2 cm³/mol. The van der Waals surface area contributed by atoms with E-state index < -0.39 is 17.5 Å². The Morgan fingerprint density at radius 3 is 2.40 bits per heavy atom. The maximum absolute atomic E-state index is 13.8. The Morgan fingerprint density at radius 2 is 1.75 bits per heavy atom. The van der Waals surface area contributed by atoms with E-state index in [1.807, 2.05) is 6.92 Å². The SMILES string of the molecule is CCNCc1c(F)cccc1Oc1cc(F)cc(F)c1. The third kappa shape index (κ3) is 3.51. The monoisotopic (exact) mass is 281 g/mol. The quantitative estimate of drug-likeness (QED) is 0.894. The summed E-state index contributed by atoms with van der Waals surface area (Å²) >= 11 is 0. The fourth-order valence-corrected chi connectivity index (χ4v) is 1.77. The van der Waals surface area contributed by atoms with Gasteiger partial charge < -0.3 is 10.1 Å². The van der Waals surface area contributed by atoms with E-state index in [1.54, 1.807) is 6.07 Å². The molecule has 20 heavy (non-hydrogen) atoms. The van der Waals surface area contributed by atoms with Crippen molar-refractivity contribution >= 4 is 0 Å². The Bertz CT molecular complexity index is 581. The van der Waals surface area contributed by atoms with Gasteiger partial charge in [-0.25, -0.2) is 13.2 Å². The number of hydrogen-bond acceptors (Lipinski definition) is 2. The van der Waals surface area contributed by atoms with Crippen LogP contribution in [0.4, 0.5) is 13.2 Å². The van der Waals surface area contributed by atoms with Gasteiger partial charge in [-0.05, 0) is 18.7 Å². The highest BCUT2D eigenvalue weighted by molar-refractivity contribution is 5.39. The number of hydrogen-bond donors (Lipinski definition) is 1. The third-order valence-corrected chi connectivity index (χ3v) is 2.69. The van der Waals surface area contributed by atoms with Crippen LogP contribution in [-0.4, -0.2) is 6.54 Å². The van der Waals surface area contributed by atoms with Gasteiger partial charge in [-0.15, -0.1) is 0 Å². The summed E-state index contributed by atoms with van der Waals surface area (Å²) in [5.74, 6) is -1.70. The van der Waals surface area contributed by atoms with Crippen LogP contribution in [0.15, 0.2) is 36.4 Å². The van der Waals surface area contributed by atoms with E-state index in [4.69, 9.17) is 4.74 Å². The number of benzene rings is 2. The summed E-state index contributed by atoms with van der Waals surface area (Å²) in [5, 5.41) is 2.99. The molecular weight excluding hydrogens is 267 g/mol. The van der Waals surface area contributed by atoms with Gasteiger partial charge >= 0.3 is 0 Å². The van der Waals surface area contributed by atoms with E-state index >= 15 is 0 Å². The lowest BCUT2D eigenvalue weighted by Crippen LogP contribution is -2.13. The zero-order chi connectivity index (χ0) is 14.5. The minimum Gasteiger partial charge on any atom is -0.457 e. The highest BCUT2D eigenvalue weighted by atomic mass is 19.1. The first kappa shape index (κ1) is 14.4. The average molecular weight is 281 g/mol. The van der Waals surface area contributed by atoms with Gasteiger partial charge in [-0.2, -0.15) is 0 Å². The molecule has 2 aromatic carbocycles. The van der Waals surface area contributed by atoms with E-state index in [1.165, 1.54) is 12.1 Å². The van der Waals surface area contributed by atoms with Gasteiger partial charge in [-0.1, -0.05) is 13.0 Å². The smallest absolute Gasteiger partial charge is 0.134 e. The normalized spacial score (nSPS) is 10.6. The average Bonchev–Trinajstić information content (AvgIpc) is 2.37. The Balaban J connectivity index is 2.30. The molecule has 0 unspecified atom stereocenters. The highest BCUT2D eigenvalue weighted by Gasteiger charge is 2.11. The van der Waals surface area contributed by atoms with Crippen LogP contribution in [0.2, 0.25) is 0 Å². The number of rotatable bonds is 5. The van der Waals surface area contributed by atoms with E-state index in [2.05, 4.69) is 5.32 Å². The predicted octanol–water partition coefficient (Wildman–Crippen LogP) is 4.01.